The molecule has 2 aromatic carbocycles. The van der Waals surface area contributed by atoms with E-state index in [0.29, 0.717) is 12.2 Å². The molecule has 1 N–H and O–H groups in total. The number of carbonyl (C=O) groups is 2. The van der Waals surface area contributed by atoms with Gasteiger partial charge in [-0.05, 0) is 70.0 Å². The van der Waals surface area contributed by atoms with Crippen LogP contribution in [-0.2, 0) is 16.0 Å². The highest BCUT2D eigenvalue weighted by atomic mass is 16.5. The Morgan fingerprint density at radius 2 is 1.74 bits per heavy atom. The summed E-state index contributed by atoms with van der Waals surface area (Å²) < 4.78 is 5.61. The van der Waals surface area contributed by atoms with Crippen LogP contribution in [0.4, 0.5) is 11.4 Å². The zero-order valence-corrected chi connectivity index (χ0v) is 16.3. The van der Waals surface area contributed by atoms with E-state index in [-0.39, 0.29) is 17.9 Å². The third-order valence-electron chi connectivity index (χ3n) is 4.72. The Morgan fingerprint density at radius 3 is 2.41 bits per heavy atom. The first-order chi connectivity index (χ1) is 12.8. The van der Waals surface area contributed by atoms with Gasteiger partial charge in [-0.25, -0.2) is 0 Å². The summed E-state index contributed by atoms with van der Waals surface area (Å²) in [6.07, 6.45) is 0.905. The number of nitrogens with zero attached hydrogens (tertiary/aromatic N) is 1. The molecule has 27 heavy (non-hydrogen) atoms. The molecule has 0 saturated heterocycles. The average Bonchev–Trinajstić information content (AvgIpc) is 3.06. The van der Waals surface area contributed by atoms with Crippen LogP contribution in [0.1, 0.15) is 33.3 Å². The summed E-state index contributed by atoms with van der Waals surface area (Å²) in [5.74, 6) is 0.228. The molecular weight excluding hydrogens is 340 g/mol. The molecule has 2 aromatic rings. The minimum atomic E-state index is -1.18. The van der Waals surface area contributed by atoms with Crippen molar-refractivity contribution in [3.05, 3.63) is 54.1 Å². The molecule has 0 bridgehead atoms. The number of hydrogen-bond acceptors (Lipinski definition) is 3. The van der Waals surface area contributed by atoms with Crippen molar-refractivity contribution in [3.63, 3.8) is 0 Å². The number of amides is 2. The summed E-state index contributed by atoms with van der Waals surface area (Å²) in [7, 11) is 0. The summed E-state index contributed by atoms with van der Waals surface area (Å²) in [6.45, 7) is 7.86. The number of fused-ring (bicyclic) bond motifs is 1. The molecule has 0 aromatic heterocycles. The van der Waals surface area contributed by atoms with E-state index in [1.54, 1.807) is 43.0 Å². The lowest BCUT2D eigenvalue weighted by Crippen LogP contribution is -2.47. The van der Waals surface area contributed by atoms with Crippen molar-refractivity contribution in [2.45, 2.75) is 40.2 Å². The molecule has 0 unspecified atom stereocenters. The second kappa shape index (κ2) is 7.43. The zero-order valence-electron chi connectivity index (χ0n) is 16.3. The van der Waals surface area contributed by atoms with Crippen LogP contribution < -0.4 is 15.0 Å². The van der Waals surface area contributed by atoms with Crippen LogP contribution in [0.3, 0.4) is 0 Å². The fraction of sp³-hybridized carbons (Fsp3) is 0.364. The van der Waals surface area contributed by atoms with Crippen molar-refractivity contribution in [2.24, 2.45) is 5.41 Å². The Balaban J connectivity index is 1.71. The second-order valence-corrected chi connectivity index (χ2v) is 7.61. The minimum Gasteiger partial charge on any atom is -0.491 e. The van der Waals surface area contributed by atoms with Crippen LogP contribution in [-0.4, -0.2) is 24.5 Å². The molecule has 0 saturated carbocycles. The predicted octanol–water partition coefficient (Wildman–Crippen LogP) is 4.03. The SMILES string of the molecule is CC(C)Oc1ccc(NC(=O)C(C)(C)C(=O)N2CCc3ccccc32)cc1. The number of anilines is 2. The van der Waals surface area contributed by atoms with Gasteiger partial charge in [-0.2, -0.15) is 0 Å². The average molecular weight is 366 g/mol. The maximum absolute atomic E-state index is 13.1. The zero-order chi connectivity index (χ0) is 19.6. The molecule has 3 rings (SSSR count). The summed E-state index contributed by atoms with van der Waals surface area (Å²) in [6, 6.07) is 15.0. The van der Waals surface area contributed by atoms with Crippen LogP contribution >= 0.6 is 0 Å². The molecule has 1 aliphatic heterocycles. The number of carbonyl (C=O) groups excluding carboxylic acids is 2. The third kappa shape index (κ3) is 3.97. The van der Waals surface area contributed by atoms with Gasteiger partial charge in [0.2, 0.25) is 11.8 Å². The normalized spacial score (nSPS) is 13.4. The van der Waals surface area contributed by atoms with Gasteiger partial charge in [0, 0.05) is 17.9 Å². The molecule has 1 aliphatic rings. The molecule has 0 spiro atoms. The van der Waals surface area contributed by atoms with Gasteiger partial charge in [-0.15, -0.1) is 0 Å². The summed E-state index contributed by atoms with van der Waals surface area (Å²) >= 11 is 0. The topological polar surface area (TPSA) is 58.6 Å². The number of benzene rings is 2. The summed E-state index contributed by atoms with van der Waals surface area (Å²) in [5, 5.41) is 2.85. The number of para-hydroxylation sites is 1. The van der Waals surface area contributed by atoms with Crippen molar-refractivity contribution in [3.8, 4) is 5.75 Å². The van der Waals surface area contributed by atoms with E-state index in [4.69, 9.17) is 4.74 Å². The molecule has 0 atom stereocenters. The number of hydrogen-bond donors (Lipinski definition) is 1. The third-order valence-corrected chi connectivity index (χ3v) is 4.72. The molecular formula is C22H26N2O3. The highest BCUT2D eigenvalue weighted by molar-refractivity contribution is 6.15. The van der Waals surface area contributed by atoms with Gasteiger partial charge in [-0.1, -0.05) is 18.2 Å². The quantitative estimate of drug-likeness (QED) is 0.813. The van der Waals surface area contributed by atoms with E-state index in [2.05, 4.69) is 5.32 Å². The lowest BCUT2D eigenvalue weighted by molar-refractivity contribution is -0.136. The van der Waals surface area contributed by atoms with Crippen molar-refractivity contribution in [1.82, 2.24) is 0 Å². The molecule has 5 heteroatoms. The molecule has 0 radical (unpaired) electrons. The van der Waals surface area contributed by atoms with Crippen molar-refractivity contribution < 1.29 is 14.3 Å². The van der Waals surface area contributed by atoms with Gasteiger partial charge < -0.3 is 15.0 Å². The Bertz CT molecular complexity index is 841. The monoisotopic (exact) mass is 366 g/mol. The van der Waals surface area contributed by atoms with Crippen molar-refractivity contribution in [2.75, 3.05) is 16.8 Å². The fourth-order valence-corrected chi connectivity index (χ4v) is 3.16. The van der Waals surface area contributed by atoms with Gasteiger partial charge in [0.1, 0.15) is 11.2 Å². The second-order valence-electron chi connectivity index (χ2n) is 7.61. The maximum atomic E-state index is 13.1. The molecule has 1 heterocycles. The molecule has 0 aliphatic carbocycles. The highest BCUT2D eigenvalue weighted by Gasteiger charge is 2.41. The Labute approximate surface area is 160 Å². The van der Waals surface area contributed by atoms with E-state index < -0.39 is 5.41 Å². The Kier molecular flexibility index (Phi) is 5.22. The molecule has 5 nitrogen and oxygen atoms in total. The lowest BCUT2D eigenvalue weighted by Gasteiger charge is -2.28. The largest absolute Gasteiger partial charge is 0.491 e. The summed E-state index contributed by atoms with van der Waals surface area (Å²) in [4.78, 5) is 27.6. The van der Waals surface area contributed by atoms with E-state index in [1.807, 2.05) is 38.1 Å². The fourth-order valence-electron chi connectivity index (χ4n) is 3.16. The molecule has 2 amide bonds. The highest BCUT2D eigenvalue weighted by Crippen LogP contribution is 2.32. The minimum absolute atomic E-state index is 0.0883. The molecule has 142 valence electrons. The first-order valence-corrected chi connectivity index (χ1v) is 9.27. The predicted molar refractivity (Wildman–Crippen MR) is 107 cm³/mol. The van der Waals surface area contributed by atoms with Crippen LogP contribution in [0.15, 0.2) is 48.5 Å². The van der Waals surface area contributed by atoms with Crippen molar-refractivity contribution >= 4 is 23.2 Å². The van der Waals surface area contributed by atoms with Crippen LogP contribution in [0.2, 0.25) is 0 Å². The van der Waals surface area contributed by atoms with Crippen molar-refractivity contribution in [1.29, 1.82) is 0 Å². The lowest BCUT2D eigenvalue weighted by atomic mass is 9.90. The van der Waals surface area contributed by atoms with Gasteiger partial charge in [0.05, 0.1) is 6.10 Å². The van der Waals surface area contributed by atoms with Gasteiger partial charge in [0.25, 0.3) is 0 Å². The standard InChI is InChI=1S/C22H26N2O3/c1-15(2)27-18-11-9-17(10-12-18)23-20(25)22(3,4)21(26)24-14-13-16-7-5-6-8-19(16)24/h5-12,15H,13-14H2,1-4H3,(H,23,25). The maximum Gasteiger partial charge on any atom is 0.242 e. The van der Waals surface area contributed by atoms with E-state index in [9.17, 15) is 9.59 Å². The number of ether oxygens (including phenoxy) is 1. The number of rotatable bonds is 5. The van der Waals surface area contributed by atoms with Crippen LogP contribution in [0, 0.1) is 5.41 Å². The van der Waals surface area contributed by atoms with Gasteiger partial charge in [0.15, 0.2) is 0 Å². The van der Waals surface area contributed by atoms with Gasteiger partial charge in [-0.3, -0.25) is 9.59 Å². The summed E-state index contributed by atoms with van der Waals surface area (Å²) in [5.41, 5.74) is 1.50. The Hall–Kier alpha value is -2.82. The number of nitrogens with one attached hydrogen (secondary N) is 1. The van der Waals surface area contributed by atoms with Gasteiger partial charge >= 0.3 is 0 Å². The van der Waals surface area contributed by atoms with E-state index in [1.165, 1.54) is 0 Å². The van der Waals surface area contributed by atoms with E-state index in [0.717, 1.165) is 23.4 Å². The Morgan fingerprint density at radius 1 is 1.07 bits per heavy atom. The van der Waals surface area contributed by atoms with E-state index >= 15 is 0 Å². The first kappa shape index (κ1) is 19.0. The van der Waals surface area contributed by atoms with Crippen LogP contribution in [0.25, 0.3) is 0 Å². The smallest absolute Gasteiger partial charge is 0.242 e. The van der Waals surface area contributed by atoms with Crippen LogP contribution in [0.5, 0.6) is 5.75 Å². The first-order valence-electron chi connectivity index (χ1n) is 9.27. The molecule has 0 fully saturated rings.